The number of pyridine rings is 1. The second kappa shape index (κ2) is 9.72. The Morgan fingerprint density at radius 1 is 1.03 bits per heavy atom. The minimum atomic E-state index is -4.05. The largest absolute Gasteiger partial charge is 0.365 e. The van der Waals surface area contributed by atoms with Crippen LogP contribution in [0.5, 0.6) is 0 Å². The maximum Gasteiger partial charge on any atom is 0.253 e. The van der Waals surface area contributed by atoms with E-state index in [2.05, 4.69) is 16.4 Å². The van der Waals surface area contributed by atoms with Gasteiger partial charge < -0.3 is 16.0 Å². The van der Waals surface area contributed by atoms with Crippen LogP contribution >= 0.6 is 0 Å². The zero-order chi connectivity index (χ0) is 26.9. The van der Waals surface area contributed by atoms with Crippen molar-refractivity contribution in [1.82, 2.24) is 9.88 Å². The first-order valence-corrected chi connectivity index (χ1v) is 12.6. The smallest absolute Gasteiger partial charge is 0.253 e. The van der Waals surface area contributed by atoms with Crippen molar-refractivity contribution in [2.75, 3.05) is 19.4 Å². The van der Waals surface area contributed by atoms with Crippen molar-refractivity contribution in [3.63, 3.8) is 0 Å². The van der Waals surface area contributed by atoms with Crippen LogP contribution in [0, 0.1) is 18.3 Å². The lowest BCUT2D eigenvalue weighted by Gasteiger charge is -2.16. The Hall–Kier alpha value is -4.75. The molecule has 0 saturated carbocycles. The van der Waals surface area contributed by atoms with E-state index in [0.717, 1.165) is 0 Å². The number of rotatable bonds is 6. The highest BCUT2D eigenvalue weighted by Gasteiger charge is 2.23. The Balaban J connectivity index is 1.93. The summed E-state index contributed by atoms with van der Waals surface area (Å²) < 4.78 is 27.3. The molecular formula is C27H23N5O4S. The molecule has 0 saturated heterocycles. The van der Waals surface area contributed by atoms with Crippen LogP contribution in [-0.4, -0.2) is 44.2 Å². The number of aryl methyl sites for hydroxylation is 1. The predicted octanol–water partition coefficient (Wildman–Crippen LogP) is 3.79. The van der Waals surface area contributed by atoms with E-state index in [1.54, 1.807) is 51.4 Å². The average Bonchev–Trinajstić information content (AvgIpc) is 2.88. The van der Waals surface area contributed by atoms with Crippen LogP contribution in [0.2, 0.25) is 0 Å². The average molecular weight is 514 g/mol. The first kappa shape index (κ1) is 25.3. The fourth-order valence-corrected chi connectivity index (χ4v) is 5.34. The standard InChI is InChI=1S/C27H23N5O4S/c1-16-10-21(37(35,36)20-9-5-7-18(12-20)27(34)32(2)3)13-22-24(16)30-15-23(26(29)33)25(22)31-19-8-4-6-17(11-19)14-28/h4-13,15H,1-3H3,(H2,29,33)(H,30,31). The molecule has 186 valence electrons. The van der Waals surface area contributed by atoms with Crippen molar-refractivity contribution in [2.24, 2.45) is 5.73 Å². The third kappa shape index (κ3) is 4.85. The second-order valence-electron chi connectivity index (χ2n) is 8.60. The van der Waals surface area contributed by atoms with E-state index in [-0.39, 0.29) is 32.5 Å². The number of nitrogens with two attached hydrogens (primary N) is 1. The van der Waals surface area contributed by atoms with Crippen molar-refractivity contribution in [2.45, 2.75) is 16.7 Å². The molecule has 2 amide bonds. The molecule has 0 aliphatic rings. The van der Waals surface area contributed by atoms with Crippen LogP contribution < -0.4 is 11.1 Å². The van der Waals surface area contributed by atoms with E-state index in [4.69, 9.17) is 5.73 Å². The van der Waals surface area contributed by atoms with Crippen molar-refractivity contribution in [3.05, 3.63) is 89.1 Å². The van der Waals surface area contributed by atoms with E-state index in [1.807, 2.05) is 0 Å². The van der Waals surface area contributed by atoms with Gasteiger partial charge in [-0.05, 0) is 61.0 Å². The minimum Gasteiger partial charge on any atom is -0.365 e. The van der Waals surface area contributed by atoms with Crippen molar-refractivity contribution >= 4 is 43.9 Å². The van der Waals surface area contributed by atoms with Gasteiger partial charge in [0.15, 0.2) is 0 Å². The Kier molecular flexibility index (Phi) is 6.66. The zero-order valence-electron chi connectivity index (χ0n) is 20.3. The number of hydrogen-bond acceptors (Lipinski definition) is 7. The maximum absolute atomic E-state index is 13.7. The molecule has 0 fully saturated rings. The van der Waals surface area contributed by atoms with Gasteiger partial charge in [-0.2, -0.15) is 5.26 Å². The molecule has 0 atom stereocenters. The van der Waals surface area contributed by atoms with Gasteiger partial charge in [-0.3, -0.25) is 14.6 Å². The molecule has 0 aliphatic carbocycles. The molecule has 9 nitrogen and oxygen atoms in total. The highest BCUT2D eigenvalue weighted by molar-refractivity contribution is 7.91. The molecule has 10 heteroatoms. The number of benzene rings is 3. The molecule has 1 heterocycles. The number of nitriles is 1. The van der Waals surface area contributed by atoms with Gasteiger partial charge in [-0.1, -0.05) is 12.1 Å². The number of sulfone groups is 1. The van der Waals surface area contributed by atoms with Gasteiger partial charge in [0.1, 0.15) is 0 Å². The normalized spacial score (nSPS) is 11.1. The third-order valence-electron chi connectivity index (χ3n) is 5.77. The van der Waals surface area contributed by atoms with Gasteiger partial charge in [0, 0.05) is 36.9 Å². The first-order chi connectivity index (χ1) is 17.5. The Bertz CT molecular complexity index is 1720. The summed E-state index contributed by atoms with van der Waals surface area (Å²) in [5.41, 5.74) is 8.11. The molecule has 3 aromatic carbocycles. The van der Waals surface area contributed by atoms with E-state index >= 15 is 0 Å². The van der Waals surface area contributed by atoms with Crippen LogP contribution in [0.1, 0.15) is 31.8 Å². The third-order valence-corrected chi connectivity index (χ3v) is 7.50. The Morgan fingerprint density at radius 3 is 2.43 bits per heavy atom. The van der Waals surface area contributed by atoms with E-state index in [0.29, 0.717) is 27.7 Å². The summed E-state index contributed by atoms with van der Waals surface area (Å²) >= 11 is 0. The second-order valence-corrected chi connectivity index (χ2v) is 10.5. The highest BCUT2D eigenvalue weighted by atomic mass is 32.2. The number of aromatic nitrogens is 1. The zero-order valence-corrected chi connectivity index (χ0v) is 21.1. The van der Waals surface area contributed by atoms with Crippen LogP contribution in [0.3, 0.4) is 0 Å². The number of amides is 2. The SMILES string of the molecule is Cc1cc(S(=O)(=O)c2cccc(C(=O)N(C)C)c2)cc2c(Nc3cccc(C#N)c3)c(C(N)=O)cnc12. The van der Waals surface area contributed by atoms with E-state index in [9.17, 15) is 23.3 Å². The maximum atomic E-state index is 13.7. The quantitative estimate of drug-likeness (QED) is 0.399. The van der Waals surface area contributed by atoms with E-state index in [1.165, 1.54) is 41.4 Å². The van der Waals surface area contributed by atoms with Gasteiger partial charge >= 0.3 is 0 Å². The fraction of sp³-hybridized carbons (Fsp3) is 0.111. The summed E-state index contributed by atoms with van der Waals surface area (Å²) in [5, 5.41) is 12.7. The van der Waals surface area contributed by atoms with Gasteiger partial charge in [0.25, 0.3) is 11.8 Å². The number of primary amides is 1. The van der Waals surface area contributed by atoms with E-state index < -0.39 is 15.7 Å². The van der Waals surface area contributed by atoms with Crippen molar-refractivity contribution in [1.29, 1.82) is 5.26 Å². The molecule has 0 radical (unpaired) electrons. The summed E-state index contributed by atoms with van der Waals surface area (Å²) in [6, 6.07) is 17.4. The monoisotopic (exact) mass is 513 g/mol. The number of anilines is 2. The molecule has 3 N–H and O–H groups in total. The first-order valence-electron chi connectivity index (χ1n) is 11.1. The lowest BCUT2D eigenvalue weighted by Crippen LogP contribution is -2.21. The molecule has 4 aromatic rings. The predicted molar refractivity (Wildman–Crippen MR) is 139 cm³/mol. The summed E-state index contributed by atoms with van der Waals surface area (Å²) in [6.45, 7) is 1.71. The number of carbonyl (C=O) groups excluding carboxylic acids is 2. The summed E-state index contributed by atoms with van der Waals surface area (Å²) in [7, 11) is -0.886. The Morgan fingerprint density at radius 2 is 1.76 bits per heavy atom. The molecule has 0 spiro atoms. The Labute approximate surface area is 214 Å². The topological polar surface area (TPSA) is 146 Å². The van der Waals surface area contributed by atoms with Crippen LogP contribution in [-0.2, 0) is 9.84 Å². The van der Waals surface area contributed by atoms with Gasteiger partial charge in [-0.15, -0.1) is 0 Å². The van der Waals surface area contributed by atoms with Crippen LogP contribution in [0.15, 0.2) is 76.7 Å². The highest BCUT2D eigenvalue weighted by Crippen LogP contribution is 2.34. The van der Waals surface area contributed by atoms with Crippen LogP contribution in [0.4, 0.5) is 11.4 Å². The molecule has 0 aliphatic heterocycles. The number of fused-ring (bicyclic) bond motifs is 1. The van der Waals surface area contributed by atoms with Crippen molar-refractivity contribution < 1.29 is 18.0 Å². The van der Waals surface area contributed by atoms with Gasteiger partial charge in [0.2, 0.25) is 9.84 Å². The fourth-order valence-electron chi connectivity index (χ4n) is 3.93. The van der Waals surface area contributed by atoms with Gasteiger partial charge in [-0.25, -0.2) is 8.42 Å². The summed E-state index contributed by atoms with van der Waals surface area (Å²) in [4.78, 5) is 30.3. The number of nitrogens with one attached hydrogen (secondary N) is 1. The summed E-state index contributed by atoms with van der Waals surface area (Å²) in [6.07, 6.45) is 1.33. The number of carbonyl (C=O) groups is 2. The number of hydrogen-bond donors (Lipinski definition) is 2. The van der Waals surface area contributed by atoms with Gasteiger partial charge in [0.05, 0.1) is 38.2 Å². The lowest BCUT2D eigenvalue weighted by molar-refractivity contribution is 0.0827. The molecule has 0 unspecified atom stereocenters. The minimum absolute atomic E-state index is 0.0378. The molecule has 0 bridgehead atoms. The summed E-state index contributed by atoms with van der Waals surface area (Å²) in [5.74, 6) is -1.08. The molecule has 1 aromatic heterocycles. The van der Waals surface area contributed by atoms with Crippen LogP contribution in [0.25, 0.3) is 10.9 Å². The molecule has 4 rings (SSSR count). The van der Waals surface area contributed by atoms with Crippen molar-refractivity contribution in [3.8, 4) is 6.07 Å². The number of nitrogens with zero attached hydrogens (tertiary/aromatic N) is 3. The lowest BCUT2D eigenvalue weighted by atomic mass is 10.0. The molecule has 37 heavy (non-hydrogen) atoms. The molecular weight excluding hydrogens is 490 g/mol.